The Kier molecular flexibility index (Phi) is 6.44. The van der Waals surface area contributed by atoms with Crippen LogP contribution in [0, 0.1) is 18.7 Å². The Balaban J connectivity index is 1.53. The summed E-state index contributed by atoms with van der Waals surface area (Å²) in [6.07, 6.45) is 4.76. The highest BCUT2D eigenvalue weighted by molar-refractivity contribution is 7.89. The minimum atomic E-state index is -3.65. The van der Waals surface area contributed by atoms with E-state index in [0.29, 0.717) is 25.6 Å². The minimum absolute atomic E-state index is 0.0915. The summed E-state index contributed by atoms with van der Waals surface area (Å²) in [5, 5.41) is 9.57. The van der Waals surface area contributed by atoms with Gasteiger partial charge in [0.25, 0.3) is 0 Å². The zero-order valence-corrected chi connectivity index (χ0v) is 21.8. The molecule has 5 rings (SSSR count). The maximum Gasteiger partial charge on any atom is 0.246 e. The lowest BCUT2D eigenvalue weighted by Gasteiger charge is -2.42. The van der Waals surface area contributed by atoms with Gasteiger partial charge in [0.05, 0.1) is 23.6 Å². The first-order chi connectivity index (χ1) is 17.1. The number of sulfonamides is 1. The number of aryl methyl sites for hydroxylation is 2. The zero-order chi connectivity index (χ0) is 25.6. The van der Waals surface area contributed by atoms with Crippen LogP contribution in [0.3, 0.4) is 0 Å². The Bertz CT molecular complexity index is 1490. The lowest BCUT2D eigenvalue weighted by molar-refractivity contribution is 0.105. The quantitative estimate of drug-likeness (QED) is 0.393. The lowest BCUT2D eigenvalue weighted by Crippen LogP contribution is -2.51. The third kappa shape index (κ3) is 4.56. The molecule has 36 heavy (non-hydrogen) atoms. The molecule has 0 radical (unpaired) electrons. The molecule has 1 saturated heterocycles. The van der Waals surface area contributed by atoms with Gasteiger partial charge in [-0.2, -0.15) is 14.5 Å². The number of halogens is 1. The third-order valence-corrected chi connectivity index (χ3v) is 8.58. The fraction of sp³-hybridized carbons (Fsp3) is 0.385. The molecule has 0 spiro atoms. The van der Waals surface area contributed by atoms with Crippen molar-refractivity contribution in [1.29, 1.82) is 0 Å². The van der Waals surface area contributed by atoms with Gasteiger partial charge in [-0.05, 0) is 60.4 Å². The molecule has 190 valence electrons. The number of benzene rings is 2. The maximum atomic E-state index is 13.4. The topological polar surface area (TPSA) is 76.3 Å². The van der Waals surface area contributed by atoms with Gasteiger partial charge >= 0.3 is 0 Å². The monoisotopic (exact) mass is 510 g/mol. The molecule has 1 aliphatic heterocycles. The molecule has 3 heterocycles. The van der Waals surface area contributed by atoms with Crippen LogP contribution in [-0.4, -0.2) is 63.4 Å². The van der Waals surface area contributed by atoms with Crippen molar-refractivity contribution in [1.82, 2.24) is 28.8 Å². The van der Waals surface area contributed by atoms with Crippen molar-refractivity contribution in [2.24, 2.45) is 13.0 Å². The second-order valence-electron chi connectivity index (χ2n) is 9.92. The van der Waals surface area contributed by atoms with Crippen molar-refractivity contribution < 1.29 is 12.8 Å². The van der Waals surface area contributed by atoms with Gasteiger partial charge in [-0.15, -0.1) is 0 Å². The molecule has 1 aliphatic rings. The summed E-state index contributed by atoms with van der Waals surface area (Å²) >= 11 is 0. The van der Waals surface area contributed by atoms with Crippen LogP contribution in [0.25, 0.3) is 16.6 Å². The van der Waals surface area contributed by atoms with E-state index in [1.54, 1.807) is 40.6 Å². The summed E-state index contributed by atoms with van der Waals surface area (Å²) in [6.45, 7) is 8.73. The second-order valence-corrected chi connectivity index (χ2v) is 11.9. The molecule has 0 saturated carbocycles. The van der Waals surface area contributed by atoms with Crippen LogP contribution in [0.5, 0.6) is 0 Å². The first-order valence-corrected chi connectivity index (χ1v) is 13.5. The second kappa shape index (κ2) is 9.42. The molecule has 1 unspecified atom stereocenters. The molecule has 10 heteroatoms. The summed E-state index contributed by atoms with van der Waals surface area (Å²) in [5.74, 6) is 0.154. The van der Waals surface area contributed by atoms with Crippen molar-refractivity contribution in [3.8, 4) is 5.69 Å². The highest BCUT2D eigenvalue weighted by Gasteiger charge is 2.36. The minimum Gasteiger partial charge on any atom is -0.293 e. The summed E-state index contributed by atoms with van der Waals surface area (Å²) in [6, 6.07) is 10.4. The average Bonchev–Trinajstić information content (AvgIpc) is 3.45. The van der Waals surface area contributed by atoms with Crippen molar-refractivity contribution in [3.63, 3.8) is 0 Å². The molecule has 2 aromatic heterocycles. The molecular weight excluding hydrogens is 479 g/mol. The SMILES string of the molecule is Cc1cc2c(cnn2-c2ccc(F)cc2)cc1C1CN(S(=O)(=O)c2cnn(C)c2)CCN1CC(C)C. The Morgan fingerprint density at radius 3 is 2.50 bits per heavy atom. The van der Waals surface area contributed by atoms with E-state index in [2.05, 4.69) is 48.0 Å². The normalized spacial score (nSPS) is 17.9. The van der Waals surface area contributed by atoms with Gasteiger partial charge in [0.15, 0.2) is 0 Å². The predicted molar refractivity (Wildman–Crippen MR) is 137 cm³/mol. The van der Waals surface area contributed by atoms with Crippen molar-refractivity contribution in [2.45, 2.75) is 31.7 Å². The molecular formula is C26H31FN6O2S. The largest absolute Gasteiger partial charge is 0.293 e. The number of hydrogen-bond acceptors (Lipinski definition) is 5. The number of piperazine rings is 1. The smallest absolute Gasteiger partial charge is 0.246 e. The van der Waals surface area contributed by atoms with Gasteiger partial charge in [-0.3, -0.25) is 9.58 Å². The van der Waals surface area contributed by atoms with Crippen molar-refractivity contribution in [2.75, 3.05) is 26.2 Å². The fourth-order valence-corrected chi connectivity index (χ4v) is 6.44. The lowest BCUT2D eigenvalue weighted by atomic mass is 9.96. The highest BCUT2D eigenvalue weighted by Crippen LogP contribution is 2.34. The summed E-state index contributed by atoms with van der Waals surface area (Å²) < 4.78 is 45.1. The number of nitrogens with zero attached hydrogens (tertiary/aromatic N) is 6. The molecule has 1 fully saturated rings. The summed E-state index contributed by atoms with van der Waals surface area (Å²) in [4.78, 5) is 2.60. The van der Waals surface area contributed by atoms with E-state index in [1.807, 2.05) is 0 Å². The van der Waals surface area contributed by atoms with Gasteiger partial charge in [-0.25, -0.2) is 17.5 Å². The van der Waals surface area contributed by atoms with Crippen LogP contribution >= 0.6 is 0 Å². The molecule has 1 atom stereocenters. The Morgan fingerprint density at radius 2 is 1.83 bits per heavy atom. The van der Waals surface area contributed by atoms with Crippen LogP contribution in [0.15, 0.2) is 59.9 Å². The predicted octanol–water partition coefficient (Wildman–Crippen LogP) is 3.91. The first kappa shape index (κ1) is 24.6. The number of hydrogen-bond donors (Lipinski definition) is 0. The summed E-state index contributed by atoms with van der Waals surface area (Å²) in [7, 11) is -1.93. The molecule has 0 aliphatic carbocycles. The molecule has 2 aromatic carbocycles. The number of rotatable bonds is 6. The standard InChI is InChI=1S/C26H31FN6O2S/c1-18(2)15-31-9-10-32(36(34,35)23-14-28-30(4)16-23)17-26(31)24-12-20-13-29-33(25(20)11-19(24)3)22-7-5-21(27)6-8-22/h5-8,11-14,16,18,26H,9-10,15,17H2,1-4H3. The molecule has 8 nitrogen and oxygen atoms in total. The first-order valence-electron chi connectivity index (χ1n) is 12.1. The van der Waals surface area contributed by atoms with E-state index in [-0.39, 0.29) is 16.8 Å². The van der Waals surface area contributed by atoms with E-state index in [1.165, 1.54) is 23.0 Å². The highest BCUT2D eigenvalue weighted by atomic mass is 32.2. The molecule has 0 N–H and O–H groups in total. The van der Waals surface area contributed by atoms with Crippen LogP contribution in [0.4, 0.5) is 4.39 Å². The maximum absolute atomic E-state index is 13.4. The molecule has 0 bridgehead atoms. The molecule has 0 amide bonds. The third-order valence-electron chi connectivity index (χ3n) is 6.76. The summed E-state index contributed by atoms with van der Waals surface area (Å²) in [5.41, 5.74) is 3.86. The zero-order valence-electron chi connectivity index (χ0n) is 21.0. The van der Waals surface area contributed by atoms with Gasteiger partial charge in [-0.1, -0.05) is 13.8 Å². The van der Waals surface area contributed by atoms with Crippen LogP contribution in [0.2, 0.25) is 0 Å². The number of aromatic nitrogens is 4. The molecule has 4 aromatic rings. The van der Waals surface area contributed by atoms with Gasteiger partial charge in [0.1, 0.15) is 10.7 Å². The Labute approximate surface area is 211 Å². The van der Waals surface area contributed by atoms with Crippen molar-refractivity contribution in [3.05, 3.63) is 71.9 Å². The van der Waals surface area contributed by atoms with Crippen LogP contribution in [-0.2, 0) is 17.1 Å². The van der Waals surface area contributed by atoms with Crippen LogP contribution < -0.4 is 0 Å². The van der Waals surface area contributed by atoms with E-state index in [9.17, 15) is 12.8 Å². The number of fused-ring (bicyclic) bond motifs is 1. The Morgan fingerprint density at radius 1 is 1.08 bits per heavy atom. The Hall–Kier alpha value is -3.08. The van der Waals surface area contributed by atoms with E-state index < -0.39 is 10.0 Å². The van der Waals surface area contributed by atoms with Crippen LogP contribution in [0.1, 0.15) is 31.0 Å². The van der Waals surface area contributed by atoms with E-state index >= 15 is 0 Å². The van der Waals surface area contributed by atoms with E-state index in [4.69, 9.17) is 0 Å². The van der Waals surface area contributed by atoms with Gasteiger partial charge in [0, 0.05) is 50.9 Å². The van der Waals surface area contributed by atoms with Gasteiger partial charge < -0.3 is 0 Å². The van der Waals surface area contributed by atoms with E-state index in [0.717, 1.165) is 34.3 Å². The fourth-order valence-electron chi connectivity index (χ4n) is 5.02. The van der Waals surface area contributed by atoms with Crippen molar-refractivity contribution >= 4 is 20.9 Å². The average molecular weight is 511 g/mol. The van der Waals surface area contributed by atoms with Gasteiger partial charge in [0.2, 0.25) is 10.0 Å².